The smallest absolute Gasteiger partial charge is 0.251 e. The molecular formula is C22H22ClN3O4S. The molecule has 0 spiro atoms. The van der Waals surface area contributed by atoms with E-state index in [0.29, 0.717) is 13.0 Å². The summed E-state index contributed by atoms with van der Waals surface area (Å²) < 4.78 is 25.9. The summed E-state index contributed by atoms with van der Waals surface area (Å²) in [6, 6.07) is 12.2. The number of para-hydroxylation sites is 1. The van der Waals surface area contributed by atoms with Gasteiger partial charge >= 0.3 is 0 Å². The average molecular weight is 460 g/mol. The second kappa shape index (κ2) is 7.69. The highest BCUT2D eigenvalue weighted by molar-refractivity contribution is 7.94. The summed E-state index contributed by atoms with van der Waals surface area (Å²) in [5.41, 5.74) is 1.29. The van der Waals surface area contributed by atoms with Gasteiger partial charge in [-0.1, -0.05) is 29.8 Å². The van der Waals surface area contributed by atoms with Crippen LogP contribution in [-0.2, 0) is 21.2 Å². The van der Waals surface area contributed by atoms with Crippen LogP contribution in [0.25, 0.3) is 10.9 Å². The maximum atomic E-state index is 12.7. The average Bonchev–Trinajstić information content (AvgIpc) is 3.18. The summed E-state index contributed by atoms with van der Waals surface area (Å²) in [5, 5.41) is 4.03. The van der Waals surface area contributed by atoms with Gasteiger partial charge in [-0.15, -0.1) is 0 Å². The van der Waals surface area contributed by atoms with E-state index in [1.807, 2.05) is 30.5 Å². The van der Waals surface area contributed by atoms with Gasteiger partial charge in [0.05, 0.1) is 21.9 Å². The molecule has 2 aromatic carbocycles. The maximum Gasteiger partial charge on any atom is 0.251 e. The Kier molecular flexibility index (Phi) is 5.31. The zero-order valence-corrected chi connectivity index (χ0v) is 18.7. The van der Waals surface area contributed by atoms with Crippen LogP contribution in [0.1, 0.15) is 29.8 Å². The first-order chi connectivity index (χ1) is 14.6. The molecule has 0 radical (unpaired) electrons. The molecule has 1 aliphatic heterocycles. The minimum atomic E-state index is -3.87. The van der Waals surface area contributed by atoms with E-state index in [1.165, 1.54) is 18.2 Å². The second-order valence-electron chi connectivity index (χ2n) is 8.24. The summed E-state index contributed by atoms with van der Waals surface area (Å²) in [6.07, 6.45) is 2.55. The fourth-order valence-corrected chi connectivity index (χ4v) is 6.17. The predicted octanol–water partition coefficient (Wildman–Crippen LogP) is 3.50. The fourth-order valence-electron chi connectivity index (χ4n) is 3.80. The lowest BCUT2D eigenvalue weighted by Gasteiger charge is -2.19. The van der Waals surface area contributed by atoms with Crippen molar-refractivity contribution in [2.45, 2.75) is 20.3 Å². The molecule has 0 bridgehead atoms. The van der Waals surface area contributed by atoms with Crippen molar-refractivity contribution in [3.05, 3.63) is 64.8 Å². The molecule has 2 N–H and O–H groups in total. The number of fused-ring (bicyclic) bond motifs is 1. The predicted molar refractivity (Wildman–Crippen MR) is 121 cm³/mol. The number of sulfonamides is 1. The lowest BCUT2D eigenvalue weighted by atomic mass is 9.95. The largest absolute Gasteiger partial charge is 0.361 e. The molecule has 0 aliphatic carbocycles. The normalized spacial score (nSPS) is 17.3. The molecule has 7 nitrogen and oxygen atoms in total. The molecule has 1 aromatic heterocycles. The highest BCUT2D eigenvalue weighted by Crippen LogP contribution is 2.39. The molecule has 1 fully saturated rings. The third-order valence-electron chi connectivity index (χ3n) is 5.37. The Balaban J connectivity index is 1.51. The van der Waals surface area contributed by atoms with E-state index >= 15 is 0 Å². The maximum absolute atomic E-state index is 12.7. The topological polar surface area (TPSA) is 99.3 Å². The Morgan fingerprint density at radius 1 is 1.23 bits per heavy atom. The van der Waals surface area contributed by atoms with E-state index in [9.17, 15) is 18.0 Å². The number of benzene rings is 2. The Morgan fingerprint density at radius 3 is 2.68 bits per heavy atom. The van der Waals surface area contributed by atoms with Crippen molar-refractivity contribution in [3.63, 3.8) is 0 Å². The molecule has 162 valence electrons. The molecular weight excluding hydrogens is 438 g/mol. The first-order valence-electron chi connectivity index (χ1n) is 9.80. The van der Waals surface area contributed by atoms with Gasteiger partial charge in [-0.25, -0.2) is 12.7 Å². The number of hydrogen-bond acceptors (Lipinski definition) is 4. The number of carbonyl (C=O) groups excluding carboxylic acids is 2. The van der Waals surface area contributed by atoms with E-state index in [0.717, 1.165) is 20.8 Å². The van der Waals surface area contributed by atoms with Gasteiger partial charge in [-0.05, 0) is 50.1 Å². The molecule has 4 rings (SSSR count). The summed E-state index contributed by atoms with van der Waals surface area (Å²) >= 11 is 6.20. The number of amides is 2. The van der Waals surface area contributed by atoms with Crippen LogP contribution in [0.5, 0.6) is 0 Å². The van der Waals surface area contributed by atoms with Gasteiger partial charge < -0.3 is 10.3 Å². The van der Waals surface area contributed by atoms with Crippen molar-refractivity contribution in [2.24, 2.45) is 5.41 Å². The number of H-pyrrole nitrogens is 1. The SMILES string of the molecule is CC1(C)CS(=O)(=O)N(c2cc(C(=O)NCCc3c[nH]c4ccccc34)ccc2Cl)C1=O. The molecule has 3 aromatic rings. The van der Waals surface area contributed by atoms with Crippen LogP contribution in [-0.4, -0.2) is 37.5 Å². The van der Waals surface area contributed by atoms with Gasteiger partial charge in [-0.2, -0.15) is 0 Å². The third-order valence-corrected chi connectivity index (χ3v) is 7.69. The number of rotatable bonds is 5. The minimum Gasteiger partial charge on any atom is -0.361 e. The Bertz CT molecular complexity index is 1300. The number of aromatic nitrogens is 1. The van der Waals surface area contributed by atoms with Crippen LogP contribution in [0.4, 0.5) is 5.69 Å². The number of aromatic amines is 1. The van der Waals surface area contributed by atoms with Crippen LogP contribution >= 0.6 is 11.6 Å². The van der Waals surface area contributed by atoms with E-state index in [1.54, 1.807) is 13.8 Å². The molecule has 2 heterocycles. The Hall–Kier alpha value is -2.84. The minimum absolute atomic E-state index is 0.00141. The molecule has 1 aliphatic rings. The zero-order valence-electron chi connectivity index (χ0n) is 17.1. The van der Waals surface area contributed by atoms with Crippen molar-refractivity contribution in [2.75, 3.05) is 16.6 Å². The van der Waals surface area contributed by atoms with Gasteiger partial charge in [0.25, 0.3) is 5.91 Å². The summed E-state index contributed by atoms with van der Waals surface area (Å²) in [4.78, 5) is 28.5. The van der Waals surface area contributed by atoms with Gasteiger partial charge in [-0.3, -0.25) is 9.59 Å². The lowest BCUT2D eigenvalue weighted by Crippen LogP contribution is -2.33. The van der Waals surface area contributed by atoms with Gasteiger partial charge in [0.2, 0.25) is 15.9 Å². The highest BCUT2D eigenvalue weighted by Gasteiger charge is 2.50. The number of carbonyl (C=O) groups is 2. The Morgan fingerprint density at radius 2 is 1.97 bits per heavy atom. The van der Waals surface area contributed by atoms with Gasteiger partial charge in [0, 0.05) is 29.2 Å². The van der Waals surface area contributed by atoms with Crippen molar-refractivity contribution in [1.29, 1.82) is 0 Å². The molecule has 0 atom stereocenters. The standard InChI is InChI=1S/C22H22ClN3O4S/c1-22(2)13-31(29,30)26(21(22)28)19-11-14(7-8-17(19)23)20(27)24-10-9-15-12-25-18-6-4-3-5-16(15)18/h3-8,11-12,25H,9-10,13H2,1-2H3,(H,24,27). The Labute approximate surface area is 185 Å². The van der Waals surface area contributed by atoms with Crippen LogP contribution in [0.3, 0.4) is 0 Å². The van der Waals surface area contributed by atoms with E-state index in [2.05, 4.69) is 10.3 Å². The van der Waals surface area contributed by atoms with Crippen molar-refractivity contribution in [1.82, 2.24) is 10.3 Å². The highest BCUT2D eigenvalue weighted by atomic mass is 35.5. The van der Waals surface area contributed by atoms with E-state index in [-0.39, 0.29) is 27.9 Å². The first-order valence-corrected chi connectivity index (χ1v) is 11.8. The quantitative estimate of drug-likeness (QED) is 0.610. The number of nitrogens with one attached hydrogen (secondary N) is 2. The second-order valence-corrected chi connectivity index (χ2v) is 10.5. The van der Waals surface area contributed by atoms with Crippen LogP contribution in [0, 0.1) is 5.41 Å². The monoisotopic (exact) mass is 459 g/mol. The van der Waals surface area contributed by atoms with Crippen LogP contribution in [0.15, 0.2) is 48.7 Å². The molecule has 31 heavy (non-hydrogen) atoms. The summed E-state index contributed by atoms with van der Waals surface area (Å²) in [7, 11) is -3.87. The summed E-state index contributed by atoms with van der Waals surface area (Å²) in [6.45, 7) is 3.54. The van der Waals surface area contributed by atoms with Gasteiger partial charge in [0.1, 0.15) is 0 Å². The van der Waals surface area contributed by atoms with Crippen molar-refractivity contribution < 1.29 is 18.0 Å². The number of hydrogen-bond donors (Lipinski definition) is 2. The number of nitrogens with zero attached hydrogens (tertiary/aromatic N) is 1. The van der Waals surface area contributed by atoms with Gasteiger partial charge in [0.15, 0.2) is 0 Å². The van der Waals surface area contributed by atoms with Crippen molar-refractivity contribution >= 4 is 50.0 Å². The molecule has 0 saturated carbocycles. The van der Waals surface area contributed by atoms with Crippen LogP contribution < -0.4 is 9.62 Å². The molecule has 9 heteroatoms. The lowest BCUT2D eigenvalue weighted by molar-refractivity contribution is -0.123. The van der Waals surface area contributed by atoms with E-state index < -0.39 is 21.3 Å². The van der Waals surface area contributed by atoms with E-state index in [4.69, 9.17) is 11.6 Å². The molecule has 2 amide bonds. The zero-order chi connectivity index (χ0) is 22.4. The van der Waals surface area contributed by atoms with Crippen LogP contribution in [0.2, 0.25) is 5.02 Å². The number of halogens is 1. The molecule has 0 unspecified atom stereocenters. The van der Waals surface area contributed by atoms with Crippen molar-refractivity contribution in [3.8, 4) is 0 Å². The molecule has 1 saturated heterocycles. The first kappa shape index (κ1) is 21.4. The fraction of sp³-hybridized carbons (Fsp3) is 0.273. The summed E-state index contributed by atoms with van der Waals surface area (Å²) in [5.74, 6) is -1.25. The number of anilines is 1. The third kappa shape index (κ3) is 3.93.